The molecule has 0 aliphatic carbocycles. The fourth-order valence-electron chi connectivity index (χ4n) is 3.93. The van der Waals surface area contributed by atoms with Crippen LogP contribution in [0.5, 0.6) is 0 Å². The van der Waals surface area contributed by atoms with E-state index in [9.17, 15) is 14.4 Å². The number of benzene rings is 1. The smallest absolute Gasteiger partial charge is 0.262 e. The Balaban J connectivity index is 1.49. The number of morpholine rings is 1. The second-order valence-corrected chi connectivity index (χ2v) is 10.2. The number of nitrogens with one attached hydrogen (secondary N) is 1. The number of ether oxygens (including phenoxy) is 2. The van der Waals surface area contributed by atoms with Gasteiger partial charge in [-0.3, -0.25) is 14.4 Å². The number of halogens is 1. The minimum absolute atomic E-state index is 0.0665. The molecule has 164 valence electrons. The predicted molar refractivity (Wildman–Crippen MR) is 121 cm³/mol. The summed E-state index contributed by atoms with van der Waals surface area (Å²) in [5, 5.41) is 2.93. The Morgan fingerprint density at radius 2 is 2.06 bits per heavy atom. The molecular weight excluding hydrogens is 484 g/mol. The van der Waals surface area contributed by atoms with Gasteiger partial charge < -0.3 is 19.7 Å². The maximum Gasteiger partial charge on any atom is 0.262 e. The van der Waals surface area contributed by atoms with E-state index in [4.69, 9.17) is 9.47 Å². The van der Waals surface area contributed by atoms with E-state index in [0.29, 0.717) is 31.1 Å². The Bertz CT molecular complexity index is 1020. The van der Waals surface area contributed by atoms with Gasteiger partial charge >= 0.3 is 0 Å². The number of rotatable bonds is 6. The lowest BCUT2D eigenvalue weighted by molar-refractivity contribution is -0.126. The Hall–Kier alpha value is -2.07. The van der Waals surface area contributed by atoms with Gasteiger partial charge in [-0.15, -0.1) is 11.3 Å². The molecule has 0 saturated carbocycles. The molecule has 0 unspecified atom stereocenters. The van der Waals surface area contributed by atoms with Crippen LogP contribution in [0.15, 0.2) is 34.1 Å². The maximum absolute atomic E-state index is 13.3. The molecule has 2 aliphatic heterocycles. The molecule has 4 rings (SSSR count). The zero-order chi connectivity index (χ0) is 22.0. The van der Waals surface area contributed by atoms with Crippen molar-refractivity contribution in [1.82, 2.24) is 5.32 Å². The third kappa shape index (κ3) is 4.74. The molecule has 31 heavy (non-hydrogen) atoms. The fourth-order valence-corrected chi connectivity index (χ4v) is 5.21. The van der Waals surface area contributed by atoms with Crippen LogP contribution in [0.1, 0.15) is 27.2 Å². The number of Topliss-reactive ketones (excluding diaryl/α,β-unsaturated/α-hetero) is 1. The van der Waals surface area contributed by atoms with E-state index in [0.717, 1.165) is 20.6 Å². The molecule has 1 aromatic carbocycles. The highest BCUT2D eigenvalue weighted by atomic mass is 79.9. The fraction of sp³-hybridized carbons (Fsp3) is 0.409. The van der Waals surface area contributed by atoms with Gasteiger partial charge in [0.05, 0.1) is 21.9 Å². The van der Waals surface area contributed by atoms with Crippen LogP contribution in [0, 0.1) is 6.92 Å². The van der Waals surface area contributed by atoms with Crippen LogP contribution in [0.3, 0.4) is 0 Å². The van der Waals surface area contributed by atoms with Crippen molar-refractivity contribution in [3.05, 3.63) is 50.1 Å². The van der Waals surface area contributed by atoms with Gasteiger partial charge in [0.25, 0.3) is 11.8 Å². The van der Waals surface area contributed by atoms with Crippen LogP contribution in [-0.4, -0.2) is 56.1 Å². The summed E-state index contributed by atoms with van der Waals surface area (Å²) >= 11 is 4.68. The largest absolute Gasteiger partial charge is 0.378 e. The van der Waals surface area contributed by atoms with E-state index in [1.165, 1.54) is 11.3 Å². The standard InChI is InChI=1S/C22H23BrN2O5S/c1-14-10-15(2-3-16(14)25-7-9-29-12-20(25)27)11-18(26)22(6-8-30-13-22)24-21(28)17-4-5-19(23)31-17/h2-5,10H,6-9,11-13H2,1H3,(H,24,28)/t22-/m0/s1. The SMILES string of the molecule is Cc1cc(CC(=O)[C@]2(NC(=O)c3ccc(Br)s3)CCOC2)ccc1N1CCOCC1=O. The first-order valence-electron chi connectivity index (χ1n) is 10.0. The third-order valence-electron chi connectivity index (χ3n) is 5.61. The van der Waals surface area contributed by atoms with E-state index in [1.54, 1.807) is 11.0 Å². The molecule has 1 N–H and O–H groups in total. The number of aryl methyl sites for hydroxylation is 1. The molecule has 1 atom stereocenters. The Morgan fingerprint density at radius 1 is 1.23 bits per heavy atom. The summed E-state index contributed by atoms with van der Waals surface area (Å²) in [6.07, 6.45) is 0.624. The van der Waals surface area contributed by atoms with Gasteiger partial charge in [0.15, 0.2) is 5.78 Å². The van der Waals surface area contributed by atoms with Gasteiger partial charge in [-0.05, 0) is 52.2 Å². The summed E-state index contributed by atoms with van der Waals surface area (Å²) in [5.41, 5.74) is 1.57. The molecule has 2 aliphatic rings. The summed E-state index contributed by atoms with van der Waals surface area (Å²) < 4.78 is 11.6. The molecule has 0 radical (unpaired) electrons. The monoisotopic (exact) mass is 506 g/mol. The number of ketones is 1. The Morgan fingerprint density at radius 3 is 2.71 bits per heavy atom. The molecule has 0 spiro atoms. The van der Waals surface area contributed by atoms with Gasteiger partial charge in [0, 0.05) is 31.7 Å². The molecule has 9 heteroatoms. The number of thiophene rings is 1. The first-order valence-corrected chi connectivity index (χ1v) is 11.7. The molecule has 1 aromatic heterocycles. The van der Waals surface area contributed by atoms with Crippen molar-refractivity contribution in [3.63, 3.8) is 0 Å². The van der Waals surface area contributed by atoms with Crippen molar-refractivity contribution in [2.24, 2.45) is 0 Å². The van der Waals surface area contributed by atoms with Crippen molar-refractivity contribution in [2.75, 3.05) is 37.9 Å². The van der Waals surface area contributed by atoms with Gasteiger partial charge in [0.2, 0.25) is 0 Å². The van der Waals surface area contributed by atoms with E-state index in [1.807, 2.05) is 31.2 Å². The van der Waals surface area contributed by atoms with Crippen molar-refractivity contribution < 1.29 is 23.9 Å². The molecule has 2 saturated heterocycles. The van der Waals surface area contributed by atoms with Crippen LogP contribution in [0.25, 0.3) is 0 Å². The molecule has 2 fully saturated rings. The third-order valence-corrected chi connectivity index (χ3v) is 7.23. The van der Waals surface area contributed by atoms with Crippen LogP contribution < -0.4 is 10.2 Å². The molecule has 0 bridgehead atoms. The van der Waals surface area contributed by atoms with Crippen molar-refractivity contribution in [1.29, 1.82) is 0 Å². The highest BCUT2D eigenvalue weighted by molar-refractivity contribution is 9.11. The lowest BCUT2D eigenvalue weighted by Gasteiger charge is -2.29. The first-order chi connectivity index (χ1) is 14.9. The minimum Gasteiger partial charge on any atom is -0.378 e. The van der Waals surface area contributed by atoms with E-state index < -0.39 is 5.54 Å². The zero-order valence-electron chi connectivity index (χ0n) is 17.1. The summed E-state index contributed by atoms with van der Waals surface area (Å²) in [6, 6.07) is 9.21. The summed E-state index contributed by atoms with van der Waals surface area (Å²) in [7, 11) is 0. The molecule has 3 heterocycles. The lowest BCUT2D eigenvalue weighted by atomic mass is 9.88. The Labute approximate surface area is 192 Å². The highest BCUT2D eigenvalue weighted by Gasteiger charge is 2.43. The quantitative estimate of drug-likeness (QED) is 0.650. The lowest BCUT2D eigenvalue weighted by Crippen LogP contribution is -2.55. The van der Waals surface area contributed by atoms with Crippen molar-refractivity contribution >= 4 is 50.6 Å². The van der Waals surface area contributed by atoms with Crippen LogP contribution in [0.4, 0.5) is 5.69 Å². The summed E-state index contributed by atoms with van der Waals surface area (Å²) in [6.45, 7) is 3.64. The highest BCUT2D eigenvalue weighted by Crippen LogP contribution is 2.28. The molecule has 2 amide bonds. The number of hydrogen-bond donors (Lipinski definition) is 1. The normalized spacial score (nSPS) is 21.4. The van der Waals surface area contributed by atoms with E-state index >= 15 is 0 Å². The van der Waals surface area contributed by atoms with Crippen LogP contribution in [-0.2, 0) is 25.5 Å². The number of carbonyl (C=O) groups excluding carboxylic acids is 3. The van der Waals surface area contributed by atoms with Crippen molar-refractivity contribution in [2.45, 2.75) is 25.3 Å². The molecular formula is C22H23BrN2O5S. The average molecular weight is 507 g/mol. The number of hydrogen-bond acceptors (Lipinski definition) is 6. The maximum atomic E-state index is 13.3. The predicted octanol–water partition coefficient (Wildman–Crippen LogP) is 2.88. The molecule has 2 aromatic rings. The van der Waals surface area contributed by atoms with E-state index in [-0.39, 0.29) is 37.2 Å². The topological polar surface area (TPSA) is 84.9 Å². The Kier molecular flexibility index (Phi) is 6.57. The minimum atomic E-state index is -1.03. The van der Waals surface area contributed by atoms with Crippen LogP contribution in [0.2, 0.25) is 0 Å². The number of anilines is 1. The van der Waals surface area contributed by atoms with E-state index in [2.05, 4.69) is 21.2 Å². The van der Waals surface area contributed by atoms with Crippen molar-refractivity contribution in [3.8, 4) is 0 Å². The second kappa shape index (κ2) is 9.20. The van der Waals surface area contributed by atoms with Crippen LogP contribution >= 0.6 is 27.3 Å². The van der Waals surface area contributed by atoms with Gasteiger partial charge in [-0.2, -0.15) is 0 Å². The summed E-state index contributed by atoms with van der Waals surface area (Å²) in [5.74, 6) is -0.418. The number of carbonyl (C=O) groups is 3. The zero-order valence-corrected chi connectivity index (χ0v) is 19.5. The van der Waals surface area contributed by atoms with Gasteiger partial charge in [-0.25, -0.2) is 0 Å². The molecule has 7 nitrogen and oxygen atoms in total. The summed E-state index contributed by atoms with van der Waals surface area (Å²) in [4.78, 5) is 40.4. The number of amides is 2. The first kappa shape index (κ1) is 22.1. The number of nitrogens with zero attached hydrogens (tertiary/aromatic N) is 1. The van der Waals surface area contributed by atoms with Gasteiger partial charge in [0.1, 0.15) is 12.1 Å². The van der Waals surface area contributed by atoms with Gasteiger partial charge in [-0.1, -0.05) is 12.1 Å². The second-order valence-electron chi connectivity index (χ2n) is 7.76. The average Bonchev–Trinajstić information content (AvgIpc) is 3.39.